The molecule has 0 amide bonds. The highest BCUT2D eigenvalue weighted by Crippen LogP contribution is 2.19. The summed E-state index contributed by atoms with van der Waals surface area (Å²) in [6.07, 6.45) is 6.89. The Kier molecular flexibility index (Phi) is 4.07. The van der Waals surface area contributed by atoms with E-state index in [0.717, 1.165) is 25.2 Å². The summed E-state index contributed by atoms with van der Waals surface area (Å²) < 4.78 is 0. The summed E-state index contributed by atoms with van der Waals surface area (Å²) in [6, 6.07) is 15.0. The van der Waals surface area contributed by atoms with E-state index in [0.29, 0.717) is 0 Å². The van der Waals surface area contributed by atoms with Crippen LogP contribution in [0.2, 0.25) is 0 Å². The van der Waals surface area contributed by atoms with E-state index in [1.54, 1.807) is 0 Å². The van der Waals surface area contributed by atoms with Crippen LogP contribution in [0.1, 0.15) is 30.0 Å². The molecule has 102 valence electrons. The number of pyridine rings is 1. The highest BCUT2D eigenvalue weighted by atomic mass is 15.0. The maximum absolute atomic E-state index is 4.54. The van der Waals surface area contributed by atoms with Gasteiger partial charge in [0, 0.05) is 25.4 Å². The average molecular weight is 265 g/mol. The van der Waals surface area contributed by atoms with Gasteiger partial charge in [0.05, 0.1) is 11.9 Å². The molecule has 0 saturated heterocycles. The molecule has 1 N–H and O–H groups in total. The molecule has 3 nitrogen and oxygen atoms in total. The first-order chi connectivity index (χ1) is 9.92. The van der Waals surface area contributed by atoms with Gasteiger partial charge in [-0.05, 0) is 36.1 Å². The van der Waals surface area contributed by atoms with E-state index < -0.39 is 0 Å². The van der Waals surface area contributed by atoms with Crippen LogP contribution in [-0.2, 0) is 6.42 Å². The van der Waals surface area contributed by atoms with E-state index in [2.05, 4.69) is 57.8 Å². The second-order valence-corrected chi connectivity index (χ2v) is 5.10. The maximum atomic E-state index is 4.54. The van der Waals surface area contributed by atoms with E-state index in [4.69, 9.17) is 0 Å². The first-order valence-corrected chi connectivity index (χ1v) is 7.15. The Bertz CT molecular complexity index is 563. The van der Waals surface area contributed by atoms with Crippen molar-refractivity contribution in [2.45, 2.75) is 25.3 Å². The van der Waals surface area contributed by atoms with Gasteiger partial charge in [-0.1, -0.05) is 30.3 Å². The van der Waals surface area contributed by atoms with Crippen molar-refractivity contribution >= 4 is 5.84 Å². The number of nitrogens with zero attached hydrogens (tertiary/aromatic N) is 2. The fraction of sp³-hybridized carbons (Fsp3) is 0.294. The quantitative estimate of drug-likeness (QED) is 0.922. The summed E-state index contributed by atoms with van der Waals surface area (Å²) in [6.45, 7) is 0.957. The summed E-state index contributed by atoms with van der Waals surface area (Å²) in [5.41, 5.74) is 2.60. The molecule has 1 aromatic carbocycles. The fourth-order valence-electron chi connectivity index (χ4n) is 2.55. The lowest BCUT2D eigenvalue weighted by atomic mass is 9.99. The predicted molar refractivity (Wildman–Crippen MR) is 81.8 cm³/mol. The van der Waals surface area contributed by atoms with Crippen LogP contribution in [0.25, 0.3) is 0 Å². The van der Waals surface area contributed by atoms with Crippen LogP contribution >= 0.6 is 0 Å². The average Bonchev–Trinajstić information content (AvgIpc) is 3.02. The minimum Gasteiger partial charge on any atom is -0.367 e. The molecule has 3 rings (SSSR count). The van der Waals surface area contributed by atoms with Crippen LogP contribution in [0, 0.1) is 0 Å². The first kappa shape index (κ1) is 12.9. The molecule has 0 unspecified atom stereocenters. The van der Waals surface area contributed by atoms with Crippen molar-refractivity contribution in [2.75, 3.05) is 6.54 Å². The number of aromatic nitrogens is 1. The summed E-state index contributed by atoms with van der Waals surface area (Å²) in [7, 11) is 0. The Morgan fingerprint density at radius 2 is 1.85 bits per heavy atom. The van der Waals surface area contributed by atoms with Gasteiger partial charge in [0.15, 0.2) is 0 Å². The van der Waals surface area contributed by atoms with Gasteiger partial charge in [-0.15, -0.1) is 0 Å². The Hall–Kier alpha value is -2.16. The zero-order valence-corrected chi connectivity index (χ0v) is 11.5. The molecule has 1 aliphatic heterocycles. The lowest BCUT2D eigenvalue weighted by Gasteiger charge is -2.20. The van der Waals surface area contributed by atoms with Crippen molar-refractivity contribution in [3.63, 3.8) is 0 Å². The summed E-state index contributed by atoms with van der Waals surface area (Å²) in [5.74, 6) is 1.15. The smallest absolute Gasteiger partial charge is 0.0968 e. The van der Waals surface area contributed by atoms with Crippen LogP contribution in [0.3, 0.4) is 0 Å². The SMILES string of the molecule is c1ccc([C@@H](Cc2ccncc2)NC2=NCCC2)cc1. The van der Waals surface area contributed by atoms with Crippen LogP contribution in [0.15, 0.2) is 59.9 Å². The molecule has 3 heteroatoms. The summed E-state index contributed by atoms with van der Waals surface area (Å²) >= 11 is 0. The first-order valence-electron chi connectivity index (χ1n) is 7.15. The molecule has 0 fully saturated rings. The third kappa shape index (κ3) is 3.23. The van der Waals surface area contributed by atoms with E-state index in [-0.39, 0.29) is 6.04 Å². The van der Waals surface area contributed by atoms with Crippen molar-refractivity contribution in [3.8, 4) is 0 Å². The van der Waals surface area contributed by atoms with Crippen molar-refractivity contribution in [1.82, 2.24) is 10.3 Å². The highest BCUT2D eigenvalue weighted by molar-refractivity contribution is 5.83. The molecule has 0 spiro atoms. The minimum absolute atomic E-state index is 0.274. The molecule has 1 aromatic heterocycles. The Balaban J connectivity index is 1.79. The minimum atomic E-state index is 0.274. The molecule has 0 bridgehead atoms. The number of hydrogen-bond acceptors (Lipinski definition) is 3. The van der Waals surface area contributed by atoms with Gasteiger partial charge >= 0.3 is 0 Å². The van der Waals surface area contributed by atoms with Gasteiger partial charge in [-0.3, -0.25) is 9.98 Å². The fourth-order valence-corrected chi connectivity index (χ4v) is 2.55. The zero-order chi connectivity index (χ0) is 13.6. The van der Waals surface area contributed by atoms with E-state index in [1.807, 2.05) is 12.4 Å². The molecule has 2 heterocycles. The molecule has 2 aromatic rings. The molecule has 20 heavy (non-hydrogen) atoms. The third-order valence-electron chi connectivity index (χ3n) is 3.61. The van der Waals surface area contributed by atoms with Gasteiger partial charge in [0.1, 0.15) is 0 Å². The van der Waals surface area contributed by atoms with Gasteiger partial charge < -0.3 is 5.32 Å². The number of amidine groups is 1. The lowest BCUT2D eigenvalue weighted by molar-refractivity contribution is 0.638. The molecule has 0 aliphatic carbocycles. The standard InChI is InChI=1S/C17H19N3/c1-2-5-15(6-3-1)16(20-17-7-4-10-19-17)13-14-8-11-18-12-9-14/h1-3,5-6,8-9,11-12,16H,4,7,10,13H2,(H,19,20)/t16-/m1/s1. The van der Waals surface area contributed by atoms with Crippen LogP contribution < -0.4 is 5.32 Å². The number of aliphatic imine (C=N–C) groups is 1. The molecule has 1 atom stereocenters. The molecule has 0 radical (unpaired) electrons. The van der Waals surface area contributed by atoms with Gasteiger partial charge in [0.25, 0.3) is 0 Å². The number of rotatable bonds is 4. The molecule has 0 saturated carbocycles. The van der Waals surface area contributed by atoms with Crippen molar-refractivity contribution in [2.24, 2.45) is 4.99 Å². The molecule has 1 aliphatic rings. The monoisotopic (exact) mass is 265 g/mol. The van der Waals surface area contributed by atoms with Crippen LogP contribution in [0.4, 0.5) is 0 Å². The summed E-state index contributed by atoms with van der Waals surface area (Å²) in [5, 5.41) is 3.61. The zero-order valence-electron chi connectivity index (χ0n) is 11.5. The van der Waals surface area contributed by atoms with Crippen molar-refractivity contribution in [3.05, 3.63) is 66.0 Å². The molecular formula is C17H19N3. The van der Waals surface area contributed by atoms with E-state index in [9.17, 15) is 0 Å². The summed E-state index contributed by atoms with van der Waals surface area (Å²) in [4.78, 5) is 8.62. The Morgan fingerprint density at radius 1 is 1.05 bits per heavy atom. The topological polar surface area (TPSA) is 37.3 Å². The maximum Gasteiger partial charge on any atom is 0.0968 e. The van der Waals surface area contributed by atoms with Crippen molar-refractivity contribution in [1.29, 1.82) is 0 Å². The third-order valence-corrected chi connectivity index (χ3v) is 3.61. The number of benzene rings is 1. The molecular weight excluding hydrogens is 246 g/mol. The van der Waals surface area contributed by atoms with Gasteiger partial charge in [-0.25, -0.2) is 0 Å². The number of hydrogen-bond donors (Lipinski definition) is 1. The normalized spacial score (nSPS) is 15.7. The Morgan fingerprint density at radius 3 is 2.55 bits per heavy atom. The second kappa shape index (κ2) is 6.33. The Labute approximate surface area is 119 Å². The van der Waals surface area contributed by atoms with Crippen LogP contribution in [0.5, 0.6) is 0 Å². The largest absolute Gasteiger partial charge is 0.367 e. The lowest BCUT2D eigenvalue weighted by Crippen LogP contribution is -2.28. The van der Waals surface area contributed by atoms with E-state index >= 15 is 0 Å². The van der Waals surface area contributed by atoms with Crippen molar-refractivity contribution < 1.29 is 0 Å². The van der Waals surface area contributed by atoms with Gasteiger partial charge in [0.2, 0.25) is 0 Å². The highest BCUT2D eigenvalue weighted by Gasteiger charge is 2.15. The van der Waals surface area contributed by atoms with Crippen LogP contribution in [-0.4, -0.2) is 17.4 Å². The van der Waals surface area contributed by atoms with Gasteiger partial charge in [-0.2, -0.15) is 0 Å². The second-order valence-electron chi connectivity index (χ2n) is 5.10. The number of nitrogens with one attached hydrogen (secondary N) is 1. The predicted octanol–water partition coefficient (Wildman–Crippen LogP) is 3.15. The van der Waals surface area contributed by atoms with E-state index in [1.165, 1.54) is 17.5 Å².